The normalized spacial score (nSPS) is 28.3. The SMILES string of the molecule is Nc1cnc2c(c1)O[C@@H]1CCCC[C@H]1O2. The van der Waals surface area contributed by atoms with Crippen LogP contribution in [-0.2, 0) is 0 Å². The van der Waals surface area contributed by atoms with Crippen molar-refractivity contribution < 1.29 is 9.47 Å². The number of hydrogen-bond acceptors (Lipinski definition) is 4. The van der Waals surface area contributed by atoms with Crippen LogP contribution in [0.2, 0.25) is 0 Å². The first kappa shape index (κ1) is 8.83. The number of hydrogen-bond donors (Lipinski definition) is 1. The predicted octanol–water partition coefficient (Wildman–Crippen LogP) is 1.75. The highest BCUT2D eigenvalue weighted by atomic mass is 16.6. The Hall–Kier alpha value is -1.45. The van der Waals surface area contributed by atoms with Crippen molar-refractivity contribution in [2.45, 2.75) is 37.9 Å². The first-order valence-electron chi connectivity index (χ1n) is 5.42. The number of nitrogens with two attached hydrogens (primary N) is 1. The fraction of sp³-hybridized carbons (Fsp3) is 0.545. The number of ether oxygens (including phenoxy) is 2. The molecule has 1 fully saturated rings. The lowest BCUT2D eigenvalue weighted by Crippen LogP contribution is -2.42. The summed E-state index contributed by atoms with van der Waals surface area (Å²) in [6, 6.07) is 1.78. The van der Waals surface area contributed by atoms with E-state index in [2.05, 4.69) is 4.98 Å². The molecule has 0 radical (unpaired) electrons. The van der Waals surface area contributed by atoms with Gasteiger partial charge in [-0.2, -0.15) is 0 Å². The van der Waals surface area contributed by atoms with Gasteiger partial charge in [-0.25, -0.2) is 4.98 Å². The van der Waals surface area contributed by atoms with Gasteiger partial charge in [0.05, 0.1) is 11.9 Å². The highest BCUT2D eigenvalue weighted by Crippen LogP contribution is 2.37. The Bertz CT molecular complexity index is 381. The number of rotatable bonds is 0. The monoisotopic (exact) mass is 206 g/mol. The van der Waals surface area contributed by atoms with Gasteiger partial charge in [0.25, 0.3) is 5.88 Å². The number of anilines is 1. The predicted molar refractivity (Wildman–Crippen MR) is 55.9 cm³/mol. The van der Waals surface area contributed by atoms with Crippen molar-refractivity contribution in [2.24, 2.45) is 0 Å². The highest BCUT2D eigenvalue weighted by Gasteiger charge is 2.34. The Labute approximate surface area is 88.4 Å². The van der Waals surface area contributed by atoms with Gasteiger partial charge in [-0.05, 0) is 25.7 Å². The Morgan fingerprint density at radius 1 is 1.20 bits per heavy atom. The molecule has 2 heterocycles. The Morgan fingerprint density at radius 2 is 1.93 bits per heavy atom. The van der Waals surface area contributed by atoms with E-state index in [1.165, 1.54) is 12.8 Å². The van der Waals surface area contributed by atoms with E-state index in [4.69, 9.17) is 15.2 Å². The number of pyridine rings is 1. The van der Waals surface area contributed by atoms with Crippen LogP contribution in [0.3, 0.4) is 0 Å². The van der Waals surface area contributed by atoms with Gasteiger partial charge in [-0.15, -0.1) is 0 Å². The second-order valence-electron chi connectivity index (χ2n) is 4.17. The van der Waals surface area contributed by atoms with Crippen molar-refractivity contribution in [3.05, 3.63) is 12.3 Å². The van der Waals surface area contributed by atoms with Gasteiger partial charge in [-0.3, -0.25) is 0 Å². The quantitative estimate of drug-likeness (QED) is 0.702. The first-order chi connectivity index (χ1) is 7.33. The summed E-state index contributed by atoms with van der Waals surface area (Å²) in [5.74, 6) is 1.28. The molecule has 4 nitrogen and oxygen atoms in total. The molecule has 80 valence electrons. The van der Waals surface area contributed by atoms with Crippen molar-refractivity contribution in [1.82, 2.24) is 4.98 Å². The summed E-state index contributed by atoms with van der Waals surface area (Å²) in [5.41, 5.74) is 6.27. The number of nitrogen functional groups attached to an aromatic ring is 1. The molecule has 0 unspecified atom stereocenters. The average molecular weight is 206 g/mol. The fourth-order valence-corrected chi connectivity index (χ4v) is 2.26. The van der Waals surface area contributed by atoms with E-state index >= 15 is 0 Å². The van der Waals surface area contributed by atoms with Gasteiger partial charge >= 0.3 is 0 Å². The topological polar surface area (TPSA) is 57.4 Å². The van der Waals surface area contributed by atoms with E-state index in [1.807, 2.05) is 0 Å². The third kappa shape index (κ3) is 1.50. The lowest BCUT2D eigenvalue weighted by Gasteiger charge is -2.36. The van der Waals surface area contributed by atoms with E-state index in [9.17, 15) is 0 Å². The van der Waals surface area contributed by atoms with Gasteiger partial charge in [-0.1, -0.05) is 0 Å². The fourth-order valence-electron chi connectivity index (χ4n) is 2.26. The minimum Gasteiger partial charge on any atom is -0.481 e. The molecule has 2 N–H and O–H groups in total. The molecule has 1 aliphatic carbocycles. The zero-order valence-electron chi connectivity index (χ0n) is 8.48. The van der Waals surface area contributed by atoms with Crippen LogP contribution in [0.4, 0.5) is 5.69 Å². The molecule has 0 spiro atoms. The number of fused-ring (bicyclic) bond motifs is 2. The summed E-state index contributed by atoms with van der Waals surface area (Å²) in [6.45, 7) is 0. The van der Waals surface area contributed by atoms with Crippen LogP contribution in [0, 0.1) is 0 Å². The number of nitrogens with zero attached hydrogens (tertiary/aromatic N) is 1. The zero-order chi connectivity index (χ0) is 10.3. The molecule has 0 aromatic carbocycles. The molecule has 1 aromatic rings. The Kier molecular flexibility index (Phi) is 1.94. The summed E-state index contributed by atoms with van der Waals surface area (Å²) >= 11 is 0. The van der Waals surface area contributed by atoms with Gasteiger partial charge in [0, 0.05) is 6.07 Å². The lowest BCUT2D eigenvalue weighted by atomic mass is 9.94. The van der Waals surface area contributed by atoms with Gasteiger partial charge in [0.15, 0.2) is 5.75 Å². The van der Waals surface area contributed by atoms with E-state index in [1.54, 1.807) is 12.3 Å². The second kappa shape index (κ2) is 3.29. The van der Waals surface area contributed by atoms with Crippen molar-refractivity contribution in [1.29, 1.82) is 0 Å². The van der Waals surface area contributed by atoms with Crippen LogP contribution in [0.1, 0.15) is 25.7 Å². The molecule has 1 saturated carbocycles. The second-order valence-corrected chi connectivity index (χ2v) is 4.17. The first-order valence-corrected chi connectivity index (χ1v) is 5.42. The Morgan fingerprint density at radius 3 is 2.73 bits per heavy atom. The molecule has 2 atom stereocenters. The Balaban J connectivity index is 1.92. The smallest absolute Gasteiger partial charge is 0.257 e. The molecule has 4 heteroatoms. The average Bonchev–Trinajstić information content (AvgIpc) is 2.26. The van der Waals surface area contributed by atoms with Crippen LogP contribution in [-0.4, -0.2) is 17.2 Å². The highest BCUT2D eigenvalue weighted by molar-refractivity contribution is 5.47. The third-order valence-corrected chi connectivity index (χ3v) is 3.02. The molecule has 0 bridgehead atoms. The molecule has 1 aromatic heterocycles. The molecule has 1 aliphatic heterocycles. The molecular formula is C11H14N2O2. The third-order valence-electron chi connectivity index (χ3n) is 3.02. The molecule has 3 rings (SSSR count). The van der Waals surface area contributed by atoms with Gasteiger partial charge < -0.3 is 15.2 Å². The van der Waals surface area contributed by atoms with Crippen molar-refractivity contribution in [3.8, 4) is 11.6 Å². The van der Waals surface area contributed by atoms with E-state index < -0.39 is 0 Å². The summed E-state index contributed by atoms with van der Waals surface area (Å²) in [4.78, 5) is 4.14. The summed E-state index contributed by atoms with van der Waals surface area (Å²) < 4.78 is 11.6. The largest absolute Gasteiger partial charge is 0.481 e. The minimum absolute atomic E-state index is 0.183. The molecule has 0 amide bonds. The standard InChI is InChI=1S/C11H14N2O2/c12-7-5-10-11(13-6-7)15-9-4-2-1-3-8(9)14-10/h5-6,8-9H,1-4,12H2/t8-,9-/m1/s1. The van der Waals surface area contributed by atoms with E-state index in [0.717, 1.165) is 12.8 Å². The summed E-state index contributed by atoms with van der Waals surface area (Å²) in [7, 11) is 0. The maximum Gasteiger partial charge on any atom is 0.257 e. The lowest BCUT2D eigenvalue weighted by molar-refractivity contribution is -0.00975. The van der Waals surface area contributed by atoms with Crippen LogP contribution in [0.15, 0.2) is 12.3 Å². The van der Waals surface area contributed by atoms with Crippen molar-refractivity contribution in [3.63, 3.8) is 0 Å². The summed E-state index contributed by atoms with van der Waals surface area (Å²) in [5, 5.41) is 0. The van der Waals surface area contributed by atoms with Gasteiger partial charge in [0.1, 0.15) is 12.2 Å². The van der Waals surface area contributed by atoms with Crippen LogP contribution < -0.4 is 15.2 Å². The maximum atomic E-state index is 5.85. The van der Waals surface area contributed by atoms with Crippen molar-refractivity contribution >= 4 is 5.69 Å². The molecule has 2 aliphatic rings. The van der Waals surface area contributed by atoms with E-state index in [0.29, 0.717) is 17.3 Å². The molecule has 15 heavy (non-hydrogen) atoms. The maximum absolute atomic E-state index is 5.85. The van der Waals surface area contributed by atoms with Crippen LogP contribution >= 0.6 is 0 Å². The van der Waals surface area contributed by atoms with Gasteiger partial charge in [0.2, 0.25) is 0 Å². The van der Waals surface area contributed by atoms with Crippen LogP contribution in [0.5, 0.6) is 11.6 Å². The minimum atomic E-state index is 0.183. The van der Waals surface area contributed by atoms with E-state index in [-0.39, 0.29) is 12.2 Å². The summed E-state index contributed by atoms with van der Waals surface area (Å²) in [6.07, 6.45) is 6.54. The number of aromatic nitrogens is 1. The van der Waals surface area contributed by atoms with Crippen LogP contribution in [0.25, 0.3) is 0 Å². The zero-order valence-corrected chi connectivity index (χ0v) is 8.48. The molecular weight excluding hydrogens is 192 g/mol. The molecule has 0 saturated heterocycles. The van der Waals surface area contributed by atoms with Crippen molar-refractivity contribution in [2.75, 3.05) is 5.73 Å².